The highest BCUT2D eigenvalue weighted by atomic mass is 16.4. The summed E-state index contributed by atoms with van der Waals surface area (Å²) in [6.07, 6.45) is 2.77. The standard InChI is InChI=1S/C21H27N3O3/c1-15-18(16(2)23-22-15)9-10-19(25)24-12-6-11-21(14-24,20(26)27)13-17-7-4-3-5-8-17/h3-5,7-8H,6,9-14H2,1-2H3,(H,22,23)(H,26,27)/t21-/m1/s1. The Bertz CT molecular complexity index is 796. The Morgan fingerprint density at radius 3 is 2.63 bits per heavy atom. The highest BCUT2D eigenvalue weighted by Gasteiger charge is 2.43. The van der Waals surface area contributed by atoms with Gasteiger partial charge in [0.2, 0.25) is 5.91 Å². The van der Waals surface area contributed by atoms with Crippen LogP contribution in [-0.4, -0.2) is 45.2 Å². The van der Waals surface area contributed by atoms with Gasteiger partial charge in [-0.15, -0.1) is 0 Å². The zero-order chi connectivity index (χ0) is 19.4. The number of carbonyl (C=O) groups excluding carboxylic acids is 1. The number of hydrogen-bond donors (Lipinski definition) is 2. The summed E-state index contributed by atoms with van der Waals surface area (Å²) in [5.74, 6) is -0.793. The summed E-state index contributed by atoms with van der Waals surface area (Å²) in [7, 11) is 0. The number of amides is 1. The summed E-state index contributed by atoms with van der Waals surface area (Å²) >= 11 is 0. The van der Waals surface area contributed by atoms with Crippen LogP contribution in [0.3, 0.4) is 0 Å². The third-order valence-corrected chi connectivity index (χ3v) is 5.64. The third kappa shape index (κ3) is 4.21. The number of carbonyl (C=O) groups is 2. The van der Waals surface area contributed by atoms with Crippen molar-refractivity contribution >= 4 is 11.9 Å². The number of aliphatic carboxylic acids is 1. The van der Waals surface area contributed by atoms with Crippen LogP contribution in [0.15, 0.2) is 30.3 Å². The summed E-state index contributed by atoms with van der Waals surface area (Å²) in [5, 5.41) is 17.1. The molecule has 1 saturated heterocycles. The van der Waals surface area contributed by atoms with Crippen molar-refractivity contribution in [2.75, 3.05) is 13.1 Å². The van der Waals surface area contributed by atoms with E-state index in [9.17, 15) is 14.7 Å². The van der Waals surface area contributed by atoms with Gasteiger partial charge in [-0.3, -0.25) is 14.7 Å². The van der Waals surface area contributed by atoms with Crippen LogP contribution in [0.5, 0.6) is 0 Å². The van der Waals surface area contributed by atoms with Gasteiger partial charge in [-0.2, -0.15) is 5.10 Å². The zero-order valence-electron chi connectivity index (χ0n) is 16.0. The quantitative estimate of drug-likeness (QED) is 0.820. The second-order valence-corrected chi connectivity index (χ2v) is 7.58. The van der Waals surface area contributed by atoms with Crippen LogP contribution in [0.1, 0.15) is 41.8 Å². The molecular formula is C21H27N3O3. The predicted octanol–water partition coefficient (Wildman–Crippen LogP) is 2.90. The number of carboxylic acids is 1. The van der Waals surface area contributed by atoms with Crippen LogP contribution in [0.25, 0.3) is 0 Å². The second kappa shape index (κ2) is 7.94. The van der Waals surface area contributed by atoms with E-state index in [1.807, 2.05) is 44.2 Å². The lowest BCUT2D eigenvalue weighted by Gasteiger charge is -2.40. The van der Waals surface area contributed by atoms with E-state index in [1.54, 1.807) is 4.90 Å². The highest BCUT2D eigenvalue weighted by Crippen LogP contribution is 2.34. The summed E-state index contributed by atoms with van der Waals surface area (Å²) in [6.45, 7) is 4.79. The number of carboxylic acid groups (broad SMARTS) is 1. The maximum absolute atomic E-state index is 12.8. The van der Waals surface area contributed by atoms with Crippen LogP contribution in [-0.2, 0) is 22.4 Å². The van der Waals surface area contributed by atoms with Crippen LogP contribution in [0, 0.1) is 19.3 Å². The number of piperidine rings is 1. The molecule has 1 amide bonds. The van der Waals surface area contributed by atoms with Crippen molar-refractivity contribution in [2.24, 2.45) is 5.41 Å². The van der Waals surface area contributed by atoms with E-state index in [-0.39, 0.29) is 12.5 Å². The SMILES string of the molecule is Cc1n[nH]c(C)c1CCC(=O)N1CCC[C@](Cc2ccccc2)(C(=O)O)C1. The number of nitrogens with zero attached hydrogens (tertiary/aromatic N) is 2. The molecule has 6 heteroatoms. The number of benzene rings is 1. The molecule has 144 valence electrons. The third-order valence-electron chi connectivity index (χ3n) is 5.64. The first-order chi connectivity index (χ1) is 12.9. The Kier molecular flexibility index (Phi) is 5.63. The number of aromatic amines is 1. The van der Waals surface area contributed by atoms with Crippen LogP contribution < -0.4 is 0 Å². The van der Waals surface area contributed by atoms with E-state index in [0.717, 1.165) is 22.5 Å². The number of rotatable bonds is 6. The molecule has 0 radical (unpaired) electrons. The molecule has 6 nitrogen and oxygen atoms in total. The maximum atomic E-state index is 12.8. The van der Waals surface area contributed by atoms with E-state index in [1.165, 1.54) is 0 Å². The minimum absolute atomic E-state index is 0.0217. The Morgan fingerprint density at radius 1 is 1.26 bits per heavy atom. The summed E-state index contributed by atoms with van der Waals surface area (Å²) < 4.78 is 0. The summed E-state index contributed by atoms with van der Waals surface area (Å²) in [4.78, 5) is 26.7. The molecule has 1 aliphatic rings. The molecule has 1 aromatic heterocycles. The normalized spacial score (nSPS) is 19.9. The van der Waals surface area contributed by atoms with Crippen molar-refractivity contribution < 1.29 is 14.7 Å². The van der Waals surface area contributed by atoms with E-state index in [0.29, 0.717) is 38.6 Å². The van der Waals surface area contributed by atoms with Crippen molar-refractivity contribution in [3.8, 4) is 0 Å². The molecule has 2 aromatic rings. The number of hydrogen-bond acceptors (Lipinski definition) is 3. The fraction of sp³-hybridized carbons (Fsp3) is 0.476. The van der Waals surface area contributed by atoms with Gasteiger partial charge in [-0.1, -0.05) is 30.3 Å². The first kappa shape index (κ1) is 19.1. The monoisotopic (exact) mass is 369 g/mol. The van der Waals surface area contributed by atoms with Gasteiger partial charge in [0, 0.05) is 25.2 Å². The van der Waals surface area contributed by atoms with Crippen molar-refractivity contribution in [1.29, 1.82) is 0 Å². The molecule has 0 aliphatic carbocycles. The Labute approximate surface area is 159 Å². The van der Waals surface area contributed by atoms with Crippen molar-refractivity contribution in [3.05, 3.63) is 52.8 Å². The number of likely N-dealkylation sites (tertiary alicyclic amines) is 1. The number of aryl methyl sites for hydroxylation is 2. The maximum Gasteiger partial charge on any atom is 0.311 e. The molecule has 1 fully saturated rings. The van der Waals surface area contributed by atoms with Gasteiger partial charge in [0.25, 0.3) is 0 Å². The van der Waals surface area contributed by atoms with Crippen molar-refractivity contribution in [2.45, 2.75) is 46.0 Å². The predicted molar refractivity (Wildman–Crippen MR) is 102 cm³/mol. The molecule has 1 aliphatic heterocycles. The second-order valence-electron chi connectivity index (χ2n) is 7.58. The van der Waals surface area contributed by atoms with Crippen molar-refractivity contribution in [3.63, 3.8) is 0 Å². The Hall–Kier alpha value is -2.63. The number of nitrogens with one attached hydrogen (secondary N) is 1. The average Bonchev–Trinajstić information content (AvgIpc) is 2.98. The lowest BCUT2D eigenvalue weighted by Crippen LogP contribution is -2.51. The lowest BCUT2D eigenvalue weighted by molar-refractivity contribution is -0.155. The van der Waals surface area contributed by atoms with Gasteiger partial charge in [-0.05, 0) is 50.7 Å². The fourth-order valence-electron chi connectivity index (χ4n) is 4.06. The largest absolute Gasteiger partial charge is 0.481 e. The van der Waals surface area contributed by atoms with E-state index in [2.05, 4.69) is 10.2 Å². The fourth-order valence-corrected chi connectivity index (χ4v) is 4.06. The molecule has 2 heterocycles. The minimum atomic E-state index is -0.906. The van der Waals surface area contributed by atoms with Gasteiger partial charge < -0.3 is 10.0 Å². The topological polar surface area (TPSA) is 86.3 Å². The molecule has 27 heavy (non-hydrogen) atoms. The molecule has 0 unspecified atom stereocenters. The molecule has 0 bridgehead atoms. The van der Waals surface area contributed by atoms with E-state index >= 15 is 0 Å². The Balaban J connectivity index is 1.69. The smallest absolute Gasteiger partial charge is 0.311 e. The molecule has 0 saturated carbocycles. The highest BCUT2D eigenvalue weighted by molar-refractivity contribution is 5.80. The molecular weight excluding hydrogens is 342 g/mol. The van der Waals surface area contributed by atoms with Crippen LogP contribution >= 0.6 is 0 Å². The van der Waals surface area contributed by atoms with Gasteiger partial charge in [-0.25, -0.2) is 0 Å². The number of aromatic nitrogens is 2. The van der Waals surface area contributed by atoms with Gasteiger partial charge in [0.1, 0.15) is 0 Å². The lowest BCUT2D eigenvalue weighted by atomic mass is 9.75. The molecule has 1 aromatic carbocycles. The van der Waals surface area contributed by atoms with Gasteiger partial charge >= 0.3 is 5.97 Å². The van der Waals surface area contributed by atoms with Crippen LogP contribution in [0.2, 0.25) is 0 Å². The van der Waals surface area contributed by atoms with Gasteiger partial charge in [0.05, 0.1) is 11.1 Å². The minimum Gasteiger partial charge on any atom is -0.481 e. The molecule has 1 atom stereocenters. The molecule has 3 rings (SSSR count). The van der Waals surface area contributed by atoms with Crippen molar-refractivity contribution in [1.82, 2.24) is 15.1 Å². The van der Waals surface area contributed by atoms with E-state index in [4.69, 9.17) is 0 Å². The average molecular weight is 369 g/mol. The molecule has 0 spiro atoms. The Morgan fingerprint density at radius 2 is 2.00 bits per heavy atom. The van der Waals surface area contributed by atoms with Crippen LogP contribution in [0.4, 0.5) is 0 Å². The zero-order valence-corrected chi connectivity index (χ0v) is 16.0. The molecule has 2 N–H and O–H groups in total. The number of H-pyrrole nitrogens is 1. The first-order valence-electron chi connectivity index (χ1n) is 9.47. The van der Waals surface area contributed by atoms with Gasteiger partial charge in [0.15, 0.2) is 0 Å². The summed E-state index contributed by atoms with van der Waals surface area (Å²) in [5.41, 5.74) is 3.08. The van der Waals surface area contributed by atoms with E-state index < -0.39 is 11.4 Å². The first-order valence-corrected chi connectivity index (χ1v) is 9.47. The summed E-state index contributed by atoms with van der Waals surface area (Å²) in [6, 6.07) is 9.68.